The maximum absolute atomic E-state index is 15.2. The molecule has 2 aliphatic heterocycles. The summed E-state index contributed by atoms with van der Waals surface area (Å²) in [6.45, 7) is 13.7. The summed E-state index contributed by atoms with van der Waals surface area (Å²) >= 11 is 0. The van der Waals surface area contributed by atoms with E-state index in [1.165, 1.54) is 45.2 Å². The van der Waals surface area contributed by atoms with Crippen molar-refractivity contribution in [3.05, 3.63) is 209 Å². The van der Waals surface area contributed by atoms with E-state index in [9.17, 15) is 27.2 Å². The van der Waals surface area contributed by atoms with Crippen molar-refractivity contribution in [2.24, 2.45) is 0 Å². The minimum absolute atomic E-state index is 0.0336. The highest BCUT2D eigenvalue weighted by atomic mass is 19.3. The standard InChI is InChI=1S/C33H35F3N6O2.C31H33F3N6O2/c1-24-9-13-28(14-10-24)42(23-27-12-11-26(22-29(27)34)31-38-39-32(44-31)30(35)36)33(43)37-15-17-41-20-18-40(19-21-41)16-5-8-25-6-3-2-4-7-25;32-27-21-24(29-36-37-30(42-29)28(33)34)11-12-25(27)22-40(26-9-5-2-6-10-26)31(41)35-14-16-39-19-17-38(18-20-39)15-13-23-7-3-1-4-8-23/h2-14,22,30H,15-21,23H2,1H3,(H,37,43);1-12,21,28H,13-20,22H2,(H,35,41)/b8-5+;. The minimum atomic E-state index is -2.92. The molecule has 0 saturated carbocycles. The van der Waals surface area contributed by atoms with Gasteiger partial charge in [-0.3, -0.25) is 24.5 Å². The van der Waals surface area contributed by atoms with Gasteiger partial charge in [-0.1, -0.05) is 121 Å². The van der Waals surface area contributed by atoms with Crippen molar-refractivity contribution in [2.75, 3.05) is 101 Å². The van der Waals surface area contributed by atoms with Crippen LogP contribution in [0.4, 0.5) is 47.3 Å². The van der Waals surface area contributed by atoms with Crippen LogP contribution in [0.2, 0.25) is 0 Å². The Morgan fingerprint density at radius 2 is 0.965 bits per heavy atom. The van der Waals surface area contributed by atoms with Gasteiger partial charge < -0.3 is 24.4 Å². The Bertz CT molecular complexity index is 3420. The molecule has 2 aromatic heterocycles. The monoisotopic (exact) mass is 1180 g/mol. The number of hydrogen-bond acceptors (Lipinski definition) is 12. The molecule has 0 spiro atoms. The van der Waals surface area contributed by atoms with E-state index in [1.54, 1.807) is 12.1 Å². The smallest absolute Gasteiger partial charge is 0.322 e. The fourth-order valence-corrected chi connectivity index (χ4v) is 9.83. The average Bonchev–Trinajstić information content (AvgIpc) is 3.42. The number of aromatic nitrogens is 4. The highest BCUT2D eigenvalue weighted by Gasteiger charge is 2.25. The molecule has 4 heterocycles. The summed E-state index contributed by atoms with van der Waals surface area (Å²) in [6, 6.07) is 44.7. The normalized spacial score (nSPS) is 14.3. The van der Waals surface area contributed by atoms with Crippen LogP contribution in [0.1, 0.15) is 52.4 Å². The van der Waals surface area contributed by atoms with Gasteiger partial charge in [-0.15, -0.1) is 20.4 Å². The van der Waals surface area contributed by atoms with Crippen LogP contribution in [0, 0.1) is 18.6 Å². The largest absolute Gasteiger partial charge is 0.415 e. The summed E-state index contributed by atoms with van der Waals surface area (Å²) in [6.07, 6.45) is -0.468. The molecule has 0 aliphatic carbocycles. The van der Waals surface area contributed by atoms with Gasteiger partial charge in [-0.05, 0) is 73.0 Å². The van der Waals surface area contributed by atoms with E-state index in [0.29, 0.717) is 31.0 Å². The number of aryl methyl sites for hydroxylation is 1. The first-order valence-electron chi connectivity index (χ1n) is 28.5. The molecule has 450 valence electrons. The highest BCUT2D eigenvalue weighted by molar-refractivity contribution is 5.92. The van der Waals surface area contributed by atoms with E-state index in [2.05, 4.69) is 99.2 Å². The number of anilines is 2. The summed E-state index contributed by atoms with van der Waals surface area (Å²) in [5.41, 5.74) is 5.63. The number of benzene rings is 6. The Labute approximate surface area is 495 Å². The number of nitrogens with zero attached hydrogens (tertiary/aromatic N) is 10. The number of amides is 4. The molecule has 2 N–H and O–H groups in total. The molecule has 16 nitrogen and oxygen atoms in total. The molecule has 22 heteroatoms. The predicted octanol–water partition coefficient (Wildman–Crippen LogP) is 11.6. The van der Waals surface area contributed by atoms with Crippen molar-refractivity contribution >= 4 is 29.5 Å². The molecule has 0 atom stereocenters. The lowest BCUT2D eigenvalue weighted by molar-refractivity contribution is 0.115. The third-order valence-electron chi connectivity index (χ3n) is 14.8. The topological polar surface area (TPSA) is 155 Å². The number of hydrogen-bond donors (Lipinski definition) is 2. The van der Waals surface area contributed by atoms with Crippen LogP contribution in [0.3, 0.4) is 0 Å². The van der Waals surface area contributed by atoms with Crippen LogP contribution >= 0.6 is 0 Å². The molecule has 2 fully saturated rings. The molecule has 2 aliphatic rings. The fraction of sp³-hybridized carbons (Fsp3) is 0.312. The van der Waals surface area contributed by atoms with Crippen LogP contribution in [0.5, 0.6) is 0 Å². The van der Waals surface area contributed by atoms with E-state index in [-0.39, 0.29) is 59.2 Å². The molecule has 10 rings (SSSR count). The van der Waals surface area contributed by atoms with Gasteiger partial charge in [0.15, 0.2) is 0 Å². The number of halogens is 6. The Morgan fingerprint density at radius 3 is 1.42 bits per heavy atom. The zero-order chi connectivity index (χ0) is 60.2. The molecule has 2 saturated heterocycles. The van der Waals surface area contributed by atoms with Crippen LogP contribution in [-0.4, -0.2) is 144 Å². The van der Waals surface area contributed by atoms with Crippen molar-refractivity contribution in [2.45, 2.75) is 39.3 Å². The lowest BCUT2D eigenvalue weighted by Gasteiger charge is -2.35. The second kappa shape index (κ2) is 30.9. The number of nitrogens with one attached hydrogen (secondary N) is 2. The highest BCUT2D eigenvalue weighted by Crippen LogP contribution is 2.29. The van der Waals surface area contributed by atoms with Crippen molar-refractivity contribution in [3.63, 3.8) is 0 Å². The van der Waals surface area contributed by atoms with Crippen LogP contribution < -0.4 is 20.4 Å². The van der Waals surface area contributed by atoms with Gasteiger partial charge in [0.1, 0.15) is 11.6 Å². The Morgan fingerprint density at radius 1 is 0.535 bits per heavy atom. The molecule has 0 bridgehead atoms. The van der Waals surface area contributed by atoms with Crippen molar-refractivity contribution in [1.29, 1.82) is 0 Å². The van der Waals surface area contributed by atoms with E-state index < -0.39 is 36.3 Å². The van der Waals surface area contributed by atoms with Crippen molar-refractivity contribution < 1.29 is 44.8 Å². The van der Waals surface area contributed by atoms with Crippen molar-refractivity contribution in [3.8, 4) is 22.9 Å². The third kappa shape index (κ3) is 17.9. The predicted molar refractivity (Wildman–Crippen MR) is 317 cm³/mol. The number of carbonyl (C=O) groups is 2. The Hall–Kier alpha value is -8.70. The van der Waals surface area contributed by atoms with Gasteiger partial charge >= 0.3 is 24.9 Å². The summed E-state index contributed by atoms with van der Waals surface area (Å²) in [5.74, 6) is -3.31. The summed E-state index contributed by atoms with van der Waals surface area (Å²) in [7, 11) is 0. The van der Waals surface area contributed by atoms with Gasteiger partial charge in [-0.25, -0.2) is 18.4 Å². The molecule has 0 unspecified atom stereocenters. The number of urea groups is 2. The third-order valence-corrected chi connectivity index (χ3v) is 14.8. The molecule has 6 aromatic carbocycles. The number of rotatable bonds is 22. The van der Waals surface area contributed by atoms with Crippen LogP contribution in [-0.2, 0) is 19.5 Å². The van der Waals surface area contributed by atoms with E-state index in [4.69, 9.17) is 8.83 Å². The molecular weight excluding hydrogens is 1110 g/mol. The van der Waals surface area contributed by atoms with E-state index >= 15 is 8.78 Å². The van der Waals surface area contributed by atoms with Crippen LogP contribution in [0.15, 0.2) is 167 Å². The molecular formula is C64H68F6N12O4. The Balaban J connectivity index is 0.000000206. The zero-order valence-corrected chi connectivity index (χ0v) is 47.6. The second-order valence-electron chi connectivity index (χ2n) is 20.8. The van der Waals surface area contributed by atoms with Gasteiger partial charge in [0, 0.05) is 125 Å². The maximum Gasteiger partial charge on any atom is 0.322 e. The Kier molecular flexibility index (Phi) is 22.2. The van der Waals surface area contributed by atoms with Gasteiger partial charge in [0.2, 0.25) is 11.8 Å². The number of piperazine rings is 2. The number of carbonyl (C=O) groups excluding carboxylic acids is 2. The van der Waals surface area contributed by atoms with E-state index in [1.807, 2.05) is 73.7 Å². The second-order valence-corrected chi connectivity index (χ2v) is 20.8. The first-order chi connectivity index (χ1) is 41.8. The first-order valence-corrected chi connectivity index (χ1v) is 28.5. The summed E-state index contributed by atoms with van der Waals surface area (Å²) < 4.78 is 91.4. The summed E-state index contributed by atoms with van der Waals surface area (Å²) in [4.78, 5) is 39.2. The molecule has 86 heavy (non-hydrogen) atoms. The maximum atomic E-state index is 15.2. The molecule has 8 aromatic rings. The van der Waals surface area contributed by atoms with Crippen LogP contribution in [0.25, 0.3) is 29.0 Å². The summed E-state index contributed by atoms with van der Waals surface area (Å²) in [5, 5.41) is 19.7. The first kappa shape index (κ1) is 61.8. The van der Waals surface area contributed by atoms with E-state index in [0.717, 1.165) is 96.1 Å². The van der Waals surface area contributed by atoms with Gasteiger partial charge in [0.25, 0.3) is 11.8 Å². The fourth-order valence-electron chi connectivity index (χ4n) is 9.83. The lowest BCUT2D eigenvalue weighted by Crippen LogP contribution is -2.49. The zero-order valence-electron chi connectivity index (χ0n) is 47.6. The minimum Gasteiger partial charge on any atom is -0.415 e. The SMILES string of the molecule is Cc1ccc(N(Cc2ccc(-c3nnc(C(F)F)o3)cc2F)C(=O)NCCN2CCN(C/C=C/c3ccccc3)CC2)cc1.O=C(NCCN1CCN(CCc2ccccc2)CC1)N(Cc1ccc(-c2nnc(C(F)F)o2)cc1F)c1ccccc1. The molecule has 4 amide bonds. The molecule has 0 radical (unpaired) electrons. The number of para-hydroxylation sites is 1. The quantitative estimate of drug-likeness (QED) is 0.0621. The van der Waals surface area contributed by atoms with Crippen molar-refractivity contribution in [1.82, 2.24) is 50.6 Å². The lowest BCUT2D eigenvalue weighted by atomic mass is 10.1. The van der Waals surface area contributed by atoms with Gasteiger partial charge in [0.05, 0.1) is 13.1 Å². The number of alkyl halides is 4. The van der Waals surface area contributed by atoms with Gasteiger partial charge in [-0.2, -0.15) is 17.6 Å². The average molecular weight is 1180 g/mol.